The third kappa shape index (κ3) is 5.42. The van der Waals surface area contributed by atoms with Gasteiger partial charge < -0.3 is 24.7 Å². The van der Waals surface area contributed by atoms with Crippen LogP contribution in [-0.4, -0.2) is 66.1 Å². The quantitative estimate of drug-likeness (QED) is 0.287. The molecule has 0 spiro atoms. The van der Waals surface area contributed by atoms with E-state index in [0.717, 1.165) is 12.8 Å². The van der Waals surface area contributed by atoms with Crippen molar-refractivity contribution in [3.05, 3.63) is 18.9 Å². The van der Waals surface area contributed by atoms with Crippen LogP contribution in [0.5, 0.6) is 0 Å². The highest BCUT2D eigenvalue weighted by Gasteiger charge is 2.46. The lowest BCUT2D eigenvalue weighted by Crippen LogP contribution is -2.34. The van der Waals surface area contributed by atoms with Crippen molar-refractivity contribution in [1.29, 1.82) is 0 Å². The van der Waals surface area contributed by atoms with E-state index in [1.54, 1.807) is 12.5 Å². The maximum Gasteiger partial charge on any atom is 0.481 e. The smallest absolute Gasteiger partial charge is 0.387 e. The van der Waals surface area contributed by atoms with Gasteiger partial charge in [0.25, 0.3) is 12.0 Å². The van der Waals surface area contributed by atoms with E-state index in [-0.39, 0.29) is 6.61 Å². The van der Waals surface area contributed by atoms with E-state index in [9.17, 15) is 29.1 Å². The summed E-state index contributed by atoms with van der Waals surface area (Å²) in [6.07, 6.45) is 2.36. The minimum absolute atomic E-state index is 0.149. The minimum atomic E-state index is -5.03. The molecule has 0 aliphatic carbocycles. The Hall–Kier alpha value is -1.31. The van der Waals surface area contributed by atoms with Crippen molar-refractivity contribution in [1.82, 2.24) is 14.5 Å². The Bertz CT molecular complexity index is 1050. The van der Waals surface area contributed by atoms with Gasteiger partial charge in [-0.2, -0.15) is 4.31 Å². The van der Waals surface area contributed by atoms with E-state index in [4.69, 9.17) is 13.8 Å². The number of hydrogen-bond acceptors (Lipinski definition) is 10. The topological polar surface area (TPSA) is 187 Å². The first-order chi connectivity index (χ1) is 15.2. The Kier molecular flexibility index (Phi) is 7.08. The Morgan fingerprint density at radius 3 is 2.59 bits per heavy atom. The van der Waals surface area contributed by atoms with Gasteiger partial charge in [0.1, 0.15) is 30.8 Å². The molecule has 178 valence electrons. The predicted octanol–water partition coefficient (Wildman–Crippen LogP) is 0.163. The molecule has 1 fully saturated rings. The summed E-state index contributed by atoms with van der Waals surface area (Å²) in [5, 5.41) is 20.8. The van der Waals surface area contributed by atoms with Crippen LogP contribution in [0.15, 0.2) is 18.9 Å². The van der Waals surface area contributed by atoms with Crippen LogP contribution in [0.3, 0.4) is 0 Å². The molecule has 0 amide bonds. The van der Waals surface area contributed by atoms with Crippen molar-refractivity contribution < 1.29 is 51.8 Å². The van der Waals surface area contributed by atoms with Crippen molar-refractivity contribution in [3.8, 4) is 0 Å². The van der Waals surface area contributed by atoms with Crippen LogP contribution < -0.4 is 4.57 Å². The maximum atomic E-state index is 12.1. The van der Waals surface area contributed by atoms with E-state index in [1.165, 1.54) is 10.9 Å². The van der Waals surface area contributed by atoms with E-state index >= 15 is 0 Å². The highest BCUT2D eigenvalue weighted by atomic mass is 31.3. The molecule has 14 nitrogen and oxygen atoms in total. The summed E-state index contributed by atoms with van der Waals surface area (Å²) in [5.41, 5.74) is 0.982. The molecule has 2 aromatic rings. The summed E-state index contributed by atoms with van der Waals surface area (Å²) in [6.45, 7) is -0.181. The first-order valence-corrected chi connectivity index (χ1v) is 13.0. The number of aliphatic hydroxyl groups excluding tert-OH is 2. The van der Waals surface area contributed by atoms with Crippen molar-refractivity contribution >= 4 is 26.8 Å². The number of ether oxygens (including phenoxy) is 1. The van der Waals surface area contributed by atoms with Crippen LogP contribution in [0.4, 0.5) is 0 Å². The fourth-order valence-electron chi connectivity index (χ4n) is 3.59. The Morgan fingerprint density at radius 2 is 1.78 bits per heavy atom. The van der Waals surface area contributed by atoms with Crippen LogP contribution in [0, 0.1) is 0 Å². The molecular formula is C16H25N4O10P2+. The summed E-state index contributed by atoms with van der Waals surface area (Å²) in [6, 6.07) is 0. The number of nitrogens with zero attached hydrogens (tertiary/aromatic N) is 4. The molecule has 2 aromatic heterocycles. The molecule has 5 rings (SSSR count). The van der Waals surface area contributed by atoms with Crippen LogP contribution >= 0.6 is 15.6 Å². The molecule has 0 radical (unpaired) electrons. The average molecular weight is 495 g/mol. The van der Waals surface area contributed by atoms with E-state index < -0.39 is 46.8 Å². The standard InChI is InChI=1S/C16H24N4O10P2/c21-13-12-8-28-32(25,26)30-31(23,24)27-6-4-2-1-3-5-19-7-11-15(18-9-19)20(10-17-11)16(29-12)14(13)22/h7,9-10,12-14,16,21-22H,1-6,8H2,(H-,23,24,25,26)/p+1/t12-,13-,14-,16-/m1/s1. The number of rotatable bonds is 0. The molecule has 2 unspecified atom stereocenters. The zero-order chi connectivity index (χ0) is 22.9. The molecule has 3 aliphatic heterocycles. The van der Waals surface area contributed by atoms with Gasteiger partial charge in [-0.15, -0.1) is 0 Å². The Labute approximate surface area is 182 Å². The summed E-state index contributed by atoms with van der Waals surface area (Å²) < 4.78 is 46.6. The zero-order valence-corrected chi connectivity index (χ0v) is 18.7. The third-order valence-electron chi connectivity index (χ3n) is 5.20. The van der Waals surface area contributed by atoms with Crippen molar-refractivity contribution in [2.75, 3.05) is 13.2 Å². The van der Waals surface area contributed by atoms with E-state index in [0.29, 0.717) is 30.6 Å². The first kappa shape index (κ1) is 23.8. The molecule has 6 atom stereocenters. The summed E-state index contributed by atoms with van der Waals surface area (Å²) in [4.78, 5) is 28.1. The van der Waals surface area contributed by atoms with E-state index in [2.05, 4.69) is 14.3 Å². The number of imidazole rings is 1. The van der Waals surface area contributed by atoms with Gasteiger partial charge in [-0.05, 0) is 24.2 Å². The van der Waals surface area contributed by atoms with Crippen LogP contribution in [0.2, 0.25) is 0 Å². The van der Waals surface area contributed by atoms with Crippen LogP contribution in [-0.2, 0) is 33.8 Å². The predicted molar refractivity (Wildman–Crippen MR) is 105 cm³/mol. The molecule has 0 aromatic carbocycles. The van der Waals surface area contributed by atoms with Crippen LogP contribution in [0.1, 0.15) is 31.9 Å². The normalized spacial score (nSPS) is 37.8. The Balaban J connectivity index is 1.58. The van der Waals surface area contributed by atoms with Gasteiger partial charge in [0.15, 0.2) is 11.7 Å². The SMILES string of the molecule is O=P1(O)OCCCCCC[n+]2cnc3c(c2)ncn3[C@@H]2O[C@H](COP(=O)(O)O1)[C@@H](O)[C@H]2O. The van der Waals surface area contributed by atoms with Crippen molar-refractivity contribution in [3.63, 3.8) is 0 Å². The van der Waals surface area contributed by atoms with Gasteiger partial charge in [0, 0.05) is 0 Å². The van der Waals surface area contributed by atoms with Crippen molar-refractivity contribution in [2.45, 2.75) is 56.8 Å². The van der Waals surface area contributed by atoms with Gasteiger partial charge in [-0.25, -0.2) is 18.7 Å². The summed E-state index contributed by atoms with van der Waals surface area (Å²) in [5.74, 6) is 0. The van der Waals surface area contributed by atoms with Gasteiger partial charge in [-0.3, -0.25) is 13.6 Å². The second-order valence-electron chi connectivity index (χ2n) is 7.58. The van der Waals surface area contributed by atoms with Gasteiger partial charge in [-0.1, -0.05) is 6.42 Å². The third-order valence-corrected chi connectivity index (χ3v) is 7.83. The number of phosphoric acid groups is 2. The number of aliphatic hydroxyl groups is 2. The fraction of sp³-hybridized carbons (Fsp3) is 0.688. The zero-order valence-electron chi connectivity index (χ0n) is 16.9. The van der Waals surface area contributed by atoms with Crippen LogP contribution in [0.25, 0.3) is 11.2 Å². The van der Waals surface area contributed by atoms with Gasteiger partial charge >= 0.3 is 15.6 Å². The van der Waals surface area contributed by atoms with E-state index in [1.807, 2.05) is 4.57 Å². The monoisotopic (exact) mass is 495 g/mol. The molecule has 1 saturated heterocycles. The largest absolute Gasteiger partial charge is 0.481 e. The number of phosphoric ester groups is 2. The minimum Gasteiger partial charge on any atom is -0.387 e. The highest BCUT2D eigenvalue weighted by molar-refractivity contribution is 7.61. The number of aromatic nitrogens is 4. The van der Waals surface area contributed by atoms with Gasteiger partial charge in [0.2, 0.25) is 0 Å². The molecule has 16 heteroatoms. The first-order valence-electron chi connectivity index (χ1n) is 10.0. The summed E-state index contributed by atoms with van der Waals surface area (Å²) >= 11 is 0. The highest BCUT2D eigenvalue weighted by Crippen LogP contribution is 2.60. The molecule has 4 N–H and O–H groups in total. The van der Waals surface area contributed by atoms with Crippen molar-refractivity contribution in [2.24, 2.45) is 0 Å². The lowest BCUT2D eigenvalue weighted by Gasteiger charge is -2.19. The second kappa shape index (κ2) is 9.51. The maximum absolute atomic E-state index is 12.1. The molecule has 0 saturated carbocycles. The lowest BCUT2D eigenvalue weighted by molar-refractivity contribution is -0.699. The molecular weight excluding hydrogens is 470 g/mol. The Morgan fingerprint density at radius 1 is 1.03 bits per heavy atom. The number of fused-ring (bicyclic) bond motifs is 12. The molecule has 5 heterocycles. The fourth-order valence-corrected chi connectivity index (χ4v) is 5.71. The molecule has 32 heavy (non-hydrogen) atoms. The molecule has 6 bridgehead atoms. The second-order valence-corrected chi connectivity index (χ2v) is 10.6. The summed E-state index contributed by atoms with van der Waals surface area (Å²) in [7, 11) is -9.88. The molecule has 3 aliphatic rings. The average Bonchev–Trinajstić information content (AvgIpc) is 3.25. The van der Waals surface area contributed by atoms with Gasteiger partial charge in [0.05, 0.1) is 19.8 Å². The number of aryl methyl sites for hydroxylation is 1. The number of hydrogen-bond donors (Lipinski definition) is 4. The lowest BCUT2D eigenvalue weighted by atomic mass is 10.1.